The van der Waals surface area contributed by atoms with Crippen LogP contribution in [0.4, 0.5) is 13.2 Å². The van der Waals surface area contributed by atoms with Crippen molar-refractivity contribution in [3.63, 3.8) is 0 Å². The third kappa shape index (κ3) is 3.64. The molecule has 1 fully saturated rings. The van der Waals surface area contributed by atoms with Gasteiger partial charge < -0.3 is 5.73 Å². The first-order valence-corrected chi connectivity index (χ1v) is 7.25. The van der Waals surface area contributed by atoms with E-state index in [2.05, 4.69) is 0 Å². The van der Waals surface area contributed by atoms with Crippen LogP contribution in [0.3, 0.4) is 0 Å². The van der Waals surface area contributed by atoms with Gasteiger partial charge in [-0.15, -0.1) is 0 Å². The number of carbonyl (C=O) groups is 1. The summed E-state index contributed by atoms with van der Waals surface area (Å²) < 4.78 is 37.9. The van der Waals surface area contributed by atoms with Crippen molar-refractivity contribution in [2.45, 2.75) is 38.8 Å². The summed E-state index contributed by atoms with van der Waals surface area (Å²) in [7, 11) is 0. The summed E-state index contributed by atoms with van der Waals surface area (Å²) in [5.41, 5.74) is 5.74. The molecule has 1 aliphatic carbocycles. The van der Waals surface area contributed by atoms with Crippen molar-refractivity contribution in [1.29, 1.82) is 0 Å². The number of halogens is 3. The Hall–Kier alpha value is -1.36. The zero-order chi connectivity index (χ0) is 15.6. The minimum Gasteiger partial charge on any atom is -0.330 e. The van der Waals surface area contributed by atoms with Crippen molar-refractivity contribution in [2.75, 3.05) is 6.54 Å². The average Bonchev–Trinajstić information content (AvgIpc) is 2.45. The molecule has 0 spiro atoms. The second-order valence-electron chi connectivity index (χ2n) is 5.85. The van der Waals surface area contributed by atoms with Crippen LogP contribution in [0, 0.1) is 18.8 Å². The molecule has 1 aliphatic rings. The molecule has 0 bridgehead atoms. The molecule has 1 aromatic rings. The molecule has 2 N–H and O–H groups in total. The van der Waals surface area contributed by atoms with Gasteiger partial charge in [0.15, 0.2) is 5.78 Å². The van der Waals surface area contributed by atoms with Gasteiger partial charge >= 0.3 is 6.18 Å². The van der Waals surface area contributed by atoms with Gasteiger partial charge in [-0.2, -0.15) is 13.2 Å². The van der Waals surface area contributed by atoms with Gasteiger partial charge in [0.05, 0.1) is 5.56 Å². The highest BCUT2D eigenvalue weighted by Gasteiger charge is 2.32. The van der Waals surface area contributed by atoms with Gasteiger partial charge in [0.25, 0.3) is 0 Å². The minimum atomic E-state index is -4.37. The smallest absolute Gasteiger partial charge is 0.330 e. The minimum absolute atomic E-state index is 0.0308. The molecule has 0 amide bonds. The third-order valence-corrected chi connectivity index (χ3v) is 4.37. The van der Waals surface area contributed by atoms with Crippen molar-refractivity contribution in [1.82, 2.24) is 0 Å². The molecule has 21 heavy (non-hydrogen) atoms. The molecular formula is C16H20F3NO. The summed E-state index contributed by atoms with van der Waals surface area (Å²) >= 11 is 0. The summed E-state index contributed by atoms with van der Waals surface area (Å²) in [6, 6.07) is 3.36. The van der Waals surface area contributed by atoms with Gasteiger partial charge in [-0.05, 0) is 62.8 Å². The quantitative estimate of drug-likeness (QED) is 0.858. The van der Waals surface area contributed by atoms with E-state index in [4.69, 9.17) is 5.73 Å². The highest BCUT2D eigenvalue weighted by Crippen LogP contribution is 2.33. The Kier molecular flexibility index (Phi) is 4.71. The maximum Gasteiger partial charge on any atom is 0.416 e. The van der Waals surface area contributed by atoms with Gasteiger partial charge in [0.2, 0.25) is 0 Å². The SMILES string of the molecule is Cc1cc(C(F)(F)F)ccc1C(=O)C1CCC(CN)CC1. The van der Waals surface area contributed by atoms with Gasteiger partial charge in [-0.3, -0.25) is 4.79 Å². The fourth-order valence-electron chi connectivity index (χ4n) is 3.00. The number of hydrogen-bond acceptors (Lipinski definition) is 2. The van der Waals surface area contributed by atoms with E-state index in [1.165, 1.54) is 6.07 Å². The molecule has 2 rings (SSSR count). The standard InChI is InChI=1S/C16H20F3NO/c1-10-8-13(16(17,18)19)6-7-14(10)15(21)12-4-2-11(9-20)3-5-12/h6-8,11-12H,2-5,9,20H2,1H3. The Morgan fingerprint density at radius 1 is 1.24 bits per heavy atom. The van der Waals surface area contributed by atoms with E-state index >= 15 is 0 Å². The summed E-state index contributed by atoms with van der Waals surface area (Å²) in [6.45, 7) is 2.20. The summed E-state index contributed by atoms with van der Waals surface area (Å²) in [5, 5.41) is 0. The van der Waals surface area contributed by atoms with E-state index in [-0.39, 0.29) is 11.7 Å². The third-order valence-electron chi connectivity index (χ3n) is 4.37. The second kappa shape index (κ2) is 6.18. The van der Waals surface area contributed by atoms with Crippen LogP contribution in [0.25, 0.3) is 0 Å². The lowest BCUT2D eigenvalue weighted by atomic mass is 9.78. The summed E-state index contributed by atoms with van der Waals surface area (Å²) in [5.74, 6) is 0.364. The van der Waals surface area contributed by atoms with Crippen molar-refractivity contribution < 1.29 is 18.0 Å². The molecule has 0 unspecified atom stereocenters. The van der Waals surface area contributed by atoms with E-state index in [9.17, 15) is 18.0 Å². The first-order chi connectivity index (χ1) is 9.82. The first kappa shape index (κ1) is 16.0. The lowest BCUT2D eigenvalue weighted by Gasteiger charge is -2.27. The van der Waals surface area contributed by atoms with Crippen LogP contribution in [0.5, 0.6) is 0 Å². The van der Waals surface area contributed by atoms with Gasteiger partial charge in [0, 0.05) is 11.5 Å². The Labute approximate surface area is 122 Å². The number of nitrogens with two attached hydrogens (primary N) is 1. The molecule has 0 aliphatic heterocycles. The monoisotopic (exact) mass is 299 g/mol. The maximum atomic E-state index is 12.6. The van der Waals surface area contributed by atoms with Gasteiger partial charge in [-0.1, -0.05) is 6.07 Å². The predicted octanol–water partition coefficient (Wildman–Crippen LogP) is 3.96. The van der Waals surface area contributed by atoms with Gasteiger partial charge in [0.1, 0.15) is 0 Å². The number of aryl methyl sites for hydroxylation is 1. The first-order valence-electron chi connectivity index (χ1n) is 7.25. The zero-order valence-electron chi connectivity index (χ0n) is 12.0. The van der Waals surface area contributed by atoms with E-state index in [0.717, 1.165) is 37.8 Å². The van der Waals surface area contributed by atoms with Crippen LogP contribution in [0.1, 0.15) is 47.2 Å². The molecule has 0 aromatic heterocycles. The van der Waals surface area contributed by atoms with E-state index < -0.39 is 11.7 Å². The molecule has 2 nitrogen and oxygen atoms in total. The molecule has 5 heteroatoms. The topological polar surface area (TPSA) is 43.1 Å². The summed E-state index contributed by atoms with van der Waals surface area (Å²) in [6.07, 6.45) is -0.965. The number of benzene rings is 1. The largest absolute Gasteiger partial charge is 0.416 e. The number of rotatable bonds is 3. The van der Waals surface area contributed by atoms with Crippen LogP contribution in [-0.4, -0.2) is 12.3 Å². The highest BCUT2D eigenvalue weighted by atomic mass is 19.4. The molecule has 0 radical (unpaired) electrons. The fourth-order valence-corrected chi connectivity index (χ4v) is 3.00. The van der Waals surface area contributed by atoms with Crippen molar-refractivity contribution >= 4 is 5.78 Å². The van der Waals surface area contributed by atoms with Crippen molar-refractivity contribution in [2.24, 2.45) is 17.6 Å². The Morgan fingerprint density at radius 3 is 2.33 bits per heavy atom. The molecule has 116 valence electrons. The normalized spacial score (nSPS) is 23.1. The zero-order valence-corrected chi connectivity index (χ0v) is 12.0. The molecule has 1 aromatic carbocycles. The van der Waals surface area contributed by atoms with Crippen LogP contribution >= 0.6 is 0 Å². The highest BCUT2D eigenvalue weighted by molar-refractivity contribution is 5.99. The van der Waals surface area contributed by atoms with Crippen molar-refractivity contribution in [3.05, 3.63) is 34.9 Å². The number of alkyl halides is 3. The number of hydrogen-bond donors (Lipinski definition) is 1. The van der Waals surface area contributed by atoms with Crippen LogP contribution in [0.2, 0.25) is 0 Å². The van der Waals surface area contributed by atoms with Crippen LogP contribution in [-0.2, 0) is 6.18 Å². The molecule has 0 saturated heterocycles. The Balaban J connectivity index is 2.13. The van der Waals surface area contributed by atoms with E-state index in [1.807, 2.05) is 0 Å². The maximum absolute atomic E-state index is 12.6. The number of carbonyl (C=O) groups excluding carboxylic acids is 1. The van der Waals surface area contributed by atoms with Crippen LogP contribution in [0.15, 0.2) is 18.2 Å². The van der Waals surface area contributed by atoms with E-state index in [0.29, 0.717) is 23.6 Å². The van der Waals surface area contributed by atoms with Crippen molar-refractivity contribution in [3.8, 4) is 0 Å². The lowest BCUT2D eigenvalue weighted by molar-refractivity contribution is -0.137. The van der Waals surface area contributed by atoms with Crippen LogP contribution < -0.4 is 5.73 Å². The predicted molar refractivity (Wildman–Crippen MR) is 75.0 cm³/mol. The molecule has 0 atom stereocenters. The number of ketones is 1. The summed E-state index contributed by atoms with van der Waals surface area (Å²) in [4.78, 5) is 12.5. The lowest BCUT2D eigenvalue weighted by Crippen LogP contribution is -2.26. The Bertz CT molecular complexity index is 517. The van der Waals surface area contributed by atoms with Gasteiger partial charge in [-0.25, -0.2) is 0 Å². The molecule has 1 saturated carbocycles. The number of Topliss-reactive ketones (excluding diaryl/α,β-unsaturated/α-hetero) is 1. The average molecular weight is 299 g/mol. The molecule has 0 heterocycles. The fraction of sp³-hybridized carbons (Fsp3) is 0.562. The Morgan fingerprint density at radius 2 is 1.86 bits per heavy atom. The second-order valence-corrected chi connectivity index (χ2v) is 5.85. The molecular weight excluding hydrogens is 279 g/mol. The van der Waals surface area contributed by atoms with E-state index in [1.54, 1.807) is 6.92 Å².